The van der Waals surface area contributed by atoms with Gasteiger partial charge in [-0.05, 0) is 9.91 Å². The van der Waals surface area contributed by atoms with Crippen molar-refractivity contribution < 1.29 is 14.5 Å². The smallest absolute Gasteiger partial charge is 0.364 e. The zero-order valence-electron chi connectivity index (χ0n) is 9.54. The molecule has 1 aliphatic heterocycles. The van der Waals surface area contributed by atoms with E-state index >= 15 is 0 Å². The molecule has 2 heterocycles. The molecule has 1 aliphatic rings. The van der Waals surface area contributed by atoms with Crippen LogP contribution in [0.5, 0.6) is 0 Å². The highest BCUT2D eigenvalue weighted by atomic mass is 16.6. The molecule has 18 heavy (non-hydrogen) atoms. The number of carbonyl (C=O) groups excluding carboxylic acids is 1. The molecule has 96 valence electrons. The summed E-state index contributed by atoms with van der Waals surface area (Å²) in [7, 11) is 0. The summed E-state index contributed by atoms with van der Waals surface area (Å²) in [4.78, 5) is 27.2. The van der Waals surface area contributed by atoms with E-state index in [1.807, 2.05) is 0 Å². The maximum atomic E-state index is 12.1. The molecule has 1 saturated heterocycles. The Morgan fingerprint density at radius 3 is 2.78 bits per heavy atom. The van der Waals surface area contributed by atoms with E-state index in [1.165, 1.54) is 0 Å². The van der Waals surface area contributed by atoms with Gasteiger partial charge in [0.25, 0.3) is 5.91 Å². The maximum absolute atomic E-state index is 12.1. The number of ether oxygens (including phenoxy) is 1. The molecule has 0 aliphatic carbocycles. The minimum absolute atomic E-state index is 0.110. The Hall–Kier alpha value is -2.22. The van der Waals surface area contributed by atoms with Crippen LogP contribution in [-0.2, 0) is 4.74 Å². The topological polar surface area (TPSA) is 112 Å². The third-order valence-corrected chi connectivity index (χ3v) is 2.64. The molecule has 0 atom stereocenters. The fraction of sp³-hybridized carbons (Fsp3) is 0.400. The molecule has 2 rings (SSSR count). The molecule has 0 spiro atoms. The number of morpholine rings is 1. The van der Waals surface area contributed by atoms with Crippen molar-refractivity contribution in [3.05, 3.63) is 27.9 Å². The number of carbonyl (C=O) groups is 1. The van der Waals surface area contributed by atoms with Crippen LogP contribution < -0.4 is 5.73 Å². The molecule has 1 fully saturated rings. The number of rotatable bonds is 2. The van der Waals surface area contributed by atoms with Gasteiger partial charge in [0.2, 0.25) is 0 Å². The molecule has 1 aromatic rings. The van der Waals surface area contributed by atoms with Gasteiger partial charge in [-0.1, -0.05) is 0 Å². The predicted octanol–water partition coefficient (Wildman–Crippen LogP) is 0.0444. The Morgan fingerprint density at radius 2 is 2.17 bits per heavy atom. The van der Waals surface area contributed by atoms with Gasteiger partial charge in [0.15, 0.2) is 6.20 Å². The molecule has 0 unspecified atom stereocenters. The quantitative estimate of drug-likeness (QED) is 0.587. The predicted molar refractivity (Wildman–Crippen MR) is 62.0 cm³/mol. The van der Waals surface area contributed by atoms with Crippen LogP contribution in [0.3, 0.4) is 0 Å². The van der Waals surface area contributed by atoms with Crippen molar-refractivity contribution in [2.24, 2.45) is 0 Å². The van der Waals surface area contributed by atoms with Gasteiger partial charge in [0.05, 0.1) is 30.5 Å². The lowest BCUT2D eigenvalue weighted by atomic mass is 10.2. The molecule has 2 N–H and O–H groups in total. The molecule has 1 aromatic heterocycles. The van der Waals surface area contributed by atoms with Gasteiger partial charge >= 0.3 is 5.82 Å². The molecule has 8 heteroatoms. The average Bonchev–Trinajstić information content (AvgIpc) is 2.39. The van der Waals surface area contributed by atoms with Crippen LogP contribution >= 0.6 is 0 Å². The number of anilines is 1. The molecule has 0 aromatic carbocycles. The molecule has 8 nitrogen and oxygen atoms in total. The van der Waals surface area contributed by atoms with Crippen molar-refractivity contribution >= 4 is 17.4 Å². The number of pyridine rings is 1. The fourth-order valence-electron chi connectivity index (χ4n) is 1.68. The van der Waals surface area contributed by atoms with Gasteiger partial charge in [-0.2, -0.15) is 0 Å². The van der Waals surface area contributed by atoms with Gasteiger partial charge < -0.3 is 25.5 Å². The number of hydrogen-bond donors (Lipinski definition) is 1. The van der Waals surface area contributed by atoms with E-state index in [0.29, 0.717) is 26.3 Å². The largest absolute Gasteiger partial charge is 0.395 e. The summed E-state index contributed by atoms with van der Waals surface area (Å²) < 4.78 is 5.13. The maximum Gasteiger partial charge on any atom is 0.364 e. The van der Waals surface area contributed by atoms with Crippen molar-refractivity contribution in [1.82, 2.24) is 9.88 Å². The highest BCUT2D eigenvalue weighted by Gasteiger charge is 2.23. The molecule has 1 amide bonds. The second-order valence-electron chi connectivity index (χ2n) is 3.79. The first-order chi connectivity index (χ1) is 8.59. The van der Waals surface area contributed by atoms with Crippen LogP contribution in [0.2, 0.25) is 0 Å². The molecule has 0 radical (unpaired) electrons. The third kappa shape index (κ3) is 2.38. The number of nitrogen functional groups attached to an aromatic ring is 1. The van der Waals surface area contributed by atoms with E-state index in [-0.39, 0.29) is 23.0 Å². The second-order valence-corrected chi connectivity index (χ2v) is 3.79. The van der Waals surface area contributed by atoms with E-state index < -0.39 is 4.92 Å². The summed E-state index contributed by atoms with van der Waals surface area (Å²) in [5.74, 6) is -0.720. The number of nitrogens with two attached hydrogens (primary N) is 1. The van der Waals surface area contributed by atoms with E-state index in [9.17, 15) is 14.9 Å². The summed E-state index contributed by atoms with van der Waals surface area (Å²) in [5.41, 5.74) is 5.88. The van der Waals surface area contributed by atoms with Crippen LogP contribution in [-0.4, -0.2) is 47.0 Å². The standard InChI is InChI=1S/C10H12N4O4/c11-8-6-12-9(14(16)17)5-7(8)10(15)13-1-3-18-4-2-13/h5-6H,1-4,11H2. The molecular formula is C10H12N4O4. The minimum Gasteiger partial charge on any atom is -0.395 e. The van der Waals surface area contributed by atoms with Gasteiger partial charge in [-0.15, -0.1) is 0 Å². The van der Waals surface area contributed by atoms with E-state index in [4.69, 9.17) is 10.5 Å². The van der Waals surface area contributed by atoms with Gasteiger partial charge in [-0.3, -0.25) is 4.79 Å². The summed E-state index contributed by atoms with van der Waals surface area (Å²) >= 11 is 0. The van der Waals surface area contributed by atoms with E-state index in [2.05, 4.69) is 4.98 Å². The number of nitrogens with zero attached hydrogens (tertiary/aromatic N) is 3. The lowest BCUT2D eigenvalue weighted by molar-refractivity contribution is -0.389. The average molecular weight is 252 g/mol. The van der Waals surface area contributed by atoms with Crippen LogP contribution in [0.15, 0.2) is 12.3 Å². The van der Waals surface area contributed by atoms with Crippen molar-refractivity contribution in [1.29, 1.82) is 0 Å². The first kappa shape index (κ1) is 12.2. The number of aromatic nitrogens is 1. The Labute approximate surface area is 102 Å². The van der Waals surface area contributed by atoms with Gasteiger partial charge in [0.1, 0.15) is 0 Å². The Balaban J connectivity index is 2.28. The first-order valence-electron chi connectivity index (χ1n) is 5.36. The Bertz CT molecular complexity index is 485. The van der Waals surface area contributed by atoms with Crippen molar-refractivity contribution in [3.8, 4) is 0 Å². The lowest BCUT2D eigenvalue weighted by Crippen LogP contribution is -2.41. The molecule has 0 bridgehead atoms. The Kier molecular flexibility index (Phi) is 3.38. The third-order valence-electron chi connectivity index (χ3n) is 2.64. The van der Waals surface area contributed by atoms with Crippen molar-refractivity contribution in [3.63, 3.8) is 0 Å². The first-order valence-corrected chi connectivity index (χ1v) is 5.36. The van der Waals surface area contributed by atoms with Crippen LogP contribution in [0.4, 0.5) is 11.5 Å². The number of hydrogen-bond acceptors (Lipinski definition) is 6. The van der Waals surface area contributed by atoms with E-state index in [0.717, 1.165) is 12.3 Å². The van der Waals surface area contributed by atoms with Gasteiger partial charge in [-0.25, -0.2) is 0 Å². The van der Waals surface area contributed by atoms with Crippen molar-refractivity contribution in [2.45, 2.75) is 0 Å². The zero-order valence-corrected chi connectivity index (χ0v) is 9.54. The van der Waals surface area contributed by atoms with Crippen LogP contribution in [0.25, 0.3) is 0 Å². The van der Waals surface area contributed by atoms with Gasteiger partial charge in [0, 0.05) is 13.1 Å². The normalized spacial score (nSPS) is 15.4. The highest BCUT2D eigenvalue weighted by molar-refractivity contribution is 5.99. The SMILES string of the molecule is Nc1cnc([N+](=O)[O-])cc1C(=O)N1CCOCC1. The minimum atomic E-state index is -0.657. The van der Waals surface area contributed by atoms with E-state index in [1.54, 1.807) is 4.90 Å². The number of nitro groups is 1. The van der Waals surface area contributed by atoms with Crippen LogP contribution in [0, 0.1) is 10.1 Å². The molecular weight excluding hydrogens is 240 g/mol. The monoisotopic (exact) mass is 252 g/mol. The lowest BCUT2D eigenvalue weighted by Gasteiger charge is -2.26. The zero-order chi connectivity index (χ0) is 13.1. The fourth-order valence-corrected chi connectivity index (χ4v) is 1.68. The summed E-state index contributed by atoms with van der Waals surface area (Å²) in [6.45, 7) is 1.82. The highest BCUT2D eigenvalue weighted by Crippen LogP contribution is 2.18. The Morgan fingerprint density at radius 1 is 1.50 bits per heavy atom. The summed E-state index contributed by atoms with van der Waals surface area (Å²) in [6.07, 6.45) is 1.13. The summed E-state index contributed by atoms with van der Waals surface area (Å²) in [6, 6.07) is 1.10. The summed E-state index contributed by atoms with van der Waals surface area (Å²) in [5, 5.41) is 10.6. The van der Waals surface area contributed by atoms with Crippen molar-refractivity contribution in [2.75, 3.05) is 32.0 Å². The van der Waals surface area contributed by atoms with Crippen LogP contribution in [0.1, 0.15) is 10.4 Å². The second kappa shape index (κ2) is 4.96. The number of amides is 1. The molecule has 0 saturated carbocycles.